The van der Waals surface area contributed by atoms with Crippen molar-refractivity contribution < 1.29 is 12.8 Å². The standard InChI is InChI=1S/C14H22FN3O2S/c15-14-5-4-13(10-12(14)11-16)21(19,20)17-6-9-18-7-2-1-3-8-18/h4-5,10,17H,1-3,6-9,11,16H2. The minimum Gasteiger partial charge on any atom is -0.326 e. The van der Waals surface area contributed by atoms with Gasteiger partial charge >= 0.3 is 0 Å². The third-order valence-corrected chi connectivity index (χ3v) is 5.17. The van der Waals surface area contributed by atoms with Crippen LogP contribution in [0, 0.1) is 5.82 Å². The molecular formula is C14H22FN3O2S. The first kappa shape index (κ1) is 16.4. The van der Waals surface area contributed by atoms with E-state index in [1.54, 1.807) is 0 Å². The summed E-state index contributed by atoms with van der Waals surface area (Å²) in [7, 11) is -3.61. The molecule has 0 radical (unpaired) electrons. The van der Waals surface area contributed by atoms with Crippen molar-refractivity contribution in [1.82, 2.24) is 9.62 Å². The molecule has 1 aliphatic rings. The second-order valence-electron chi connectivity index (χ2n) is 5.26. The van der Waals surface area contributed by atoms with Gasteiger partial charge in [-0.3, -0.25) is 0 Å². The van der Waals surface area contributed by atoms with E-state index in [0.717, 1.165) is 19.2 Å². The van der Waals surface area contributed by atoms with E-state index in [1.807, 2.05) is 0 Å². The molecule has 0 amide bonds. The molecule has 1 saturated heterocycles. The Labute approximate surface area is 125 Å². The Balaban J connectivity index is 1.94. The fourth-order valence-electron chi connectivity index (χ4n) is 2.48. The van der Waals surface area contributed by atoms with E-state index in [2.05, 4.69) is 9.62 Å². The molecule has 1 aliphatic heterocycles. The lowest BCUT2D eigenvalue weighted by Gasteiger charge is -2.26. The molecule has 1 aromatic rings. The van der Waals surface area contributed by atoms with E-state index in [1.165, 1.54) is 31.4 Å². The smallest absolute Gasteiger partial charge is 0.240 e. The second kappa shape index (κ2) is 7.31. The quantitative estimate of drug-likeness (QED) is 0.823. The lowest BCUT2D eigenvalue weighted by Crippen LogP contribution is -2.37. The summed E-state index contributed by atoms with van der Waals surface area (Å²) >= 11 is 0. The van der Waals surface area contributed by atoms with E-state index in [4.69, 9.17) is 5.73 Å². The molecule has 0 spiro atoms. The van der Waals surface area contributed by atoms with Gasteiger partial charge in [0.25, 0.3) is 0 Å². The zero-order valence-corrected chi connectivity index (χ0v) is 12.8. The van der Waals surface area contributed by atoms with Crippen molar-refractivity contribution in [1.29, 1.82) is 0 Å². The van der Waals surface area contributed by atoms with Crippen LogP contribution in [0.3, 0.4) is 0 Å². The Morgan fingerprint density at radius 3 is 2.62 bits per heavy atom. The third kappa shape index (κ3) is 4.47. The van der Waals surface area contributed by atoms with Gasteiger partial charge < -0.3 is 10.6 Å². The van der Waals surface area contributed by atoms with Crippen molar-refractivity contribution in [2.75, 3.05) is 26.2 Å². The highest BCUT2D eigenvalue weighted by atomic mass is 32.2. The van der Waals surface area contributed by atoms with Gasteiger partial charge in [0.05, 0.1) is 4.90 Å². The largest absolute Gasteiger partial charge is 0.326 e. The molecule has 1 fully saturated rings. The van der Waals surface area contributed by atoms with Gasteiger partial charge in [0, 0.05) is 25.2 Å². The van der Waals surface area contributed by atoms with E-state index < -0.39 is 15.8 Å². The highest BCUT2D eigenvalue weighted by molar-refractivity contribution is 7.89. The monoisotopic (exact) mass is 315 g/mol. The highest BCUT2D eigenvalue weighted by Crippen LogP contribution is 2.14. The van der Waals surface area contributed by atoms with Gasteiger partial charge in [-0.25, -0.2) is 17.5 Å². The van der Waals surface area contributed by atoms with Crippen molar-refractivity contribution in [3.8, 4) is 0 Å². The first-order valence-electron chi connectivity index (χ1n) is 7.23. The molecule has 118 valence electrons. The summed E-state index contributed by atoms with van der Waals surface area (Å²) in [5.41, 5.74) is 5.60. The maximum atomic E-state index is 13.4. The van der Waals surface area contributed by atoms with Gasteiger partial charge in [-0.15, -0.1) is 0 Å². The van der Waals surface area contributed by atoms with Crippen molar-refractivity contribution in [2.24, 2.45) is 5.73 Å². The maximum absolute atomic E-state index is 13.4. The normalized spacial score (nSPS) is 17.0. The molecule has 0 saturated carbocycles. The zero-order valence-electron chi connectivity index (χ0n) is 12.0. The summed E-state index contributed by atoms with van der Waals surface area (Å²) < 4.78 is 40.2. The summed E-state index contributed by atoms with van der Waals surface area (Å²) in [4.78, 5) is 2.31. The zero-order chi connectivity index (χ0) is 15.3. The van der Waals surface area contributed by atoms with Crippen molar-refractivity contribution in [2.45, 2.75) is 30.7 Å². The Bertz CT molecular complexity index is 572. The minimum absolute atomic E-state index is 0.0248. The minimum atomic E-state index is -3.61. The summed E-state index contributed by atoms with van der Waals surface area (Å²) in [6, 6.07) is 3.69. The lowest BCUT2D eigenvalue weighted by molar-refractivity contribution is 0.233. The molecule has 0 aliphatic carbocycles. The average molecular weight is 315 g/mol. The predicted octanol–water partition coefficient (Wildman–Crippen LogP) is 1.05. The van der Waals surface area contributed by atoms with E-state index in [0.29, 0.717) is 13.1 Å². The van der Waals surface area contributed by atoms with Gasteiger partial charge in [-0.1, -0.05) is 6.42 Å². The topological polar surface area (TPSA) is 75.4 Å². The first-order valence-corrected chi connectivity index (χ1v) is 8.72. The third-order valence-electron chi connectivity index (χ3n) is 3.72. The molecule has 0 bridgehead atoms. The first-order chi connectivity index (χ1) is 10.0. The molecule has 21 heavy (non-hydrogen) atoms. The van der Waals surface area contributed by atoms with Gasteiger partial charge in [0.1, 0.15) is 5.82 Å². The number of piperidine rings is 1. The van der Waals surface area contributed by atoms with Crippen molar-refractivity contribution >= 4 is 10.0 Å². The molecular weight excluding hydrogens is 293 g/mol. The number of hydrogen-bond donors (Lipinski definition) is 2. The van der Waals surface area contributed by atoms with Crippen LogP contribution in [0.5, 0.6) is 0 Å². The molecule has 5 nitrogen and oxygen atoms in total. The predicted molar refractivity (Wildman–Crippen MR) is 79.8 cm³/mol. The van der Waals surface area contributed by atoms with Crippen LogP contribution in [0.2, 0.25) is 0 Å². The molecule has 2 rings (SSSR count). The van der Waals surface area contributed by atoms with Crippen LogP contribution < -0.4 is 10.5 Å². The molecule has 0 aromatic heterocycles. The Kier molecular flexibility index (Phi) is 5.69. The number of nitrogens with zero attached hydrogens (tertiary/aromatic N) is 1. The molecule has 3 N–H and O–H groups in total. The summed E-state index contributed by atoms with van der Waals surface area (Å²) in [5.74, 6) is -0.482. The van der Waals surface area contributed by atoms with Crippen molar-refractivity contribution in [3.63, 3.8) is 0 Å². The van der Waals surface area contributed by atoms with Crippen LogP contribution in [0.4, 0.5) is 4.39 Å². The summed E-state index contributed by atoms with van der Waals surface area (Å²) in [6.45, 7) is 3.08. The van der Waals surface area contributed by atoms with Crippen LogP contribution in [0.15, 0.2) is 23.1 Å². The van der Waals surface area contributed by atoms with Crippen molar-refractivity contribution in [3.05, 3.63) is 29.6 Å². The number of halogens is 1. The summed E-state index contributed by atoms with van der Waals surface area (Å²) in [6.07, 6.45) is 3.59. The molecule has 0 atom stereocenters. The number of likely N-dealkylation sites (tertiary alicyclic amines) is 1. The van der Waals surface area contributed by atoms with Gasteiger partial charge in [0.15, 0.2) is 0 Å². The Morgan fingerprint density at radius 1 is 1.24 bits per heavy atom. The fraction of sp³-hybridized carbons (Fsp3) is 0.571. The number of benzene rings is 1. The van der Waals surface area contributed by atoms with Gasteiger partial charge in [0.2, 0.25) is 10.0 Å². The van der Waals surface area contributed by atoms with Crippen LogP contribution in [0.25, 0.3) is 0 Å². The number of sulfonamides is 1. The number of nitrogens with one attached hydrogen (secondary N) is 1. The fourth-order valence-corrected chi connectivity index (χ4v) is 3.55. The number of nitrogens with two attached hydrogens (primary N) is 1. The molecule has 1 aromatic carbocycles. The Morgan fingerprint density at radius 2 is 1.95 bits per heavy atom. The van der Waals surface area contributed by atoms with Gasteiger partial charge in [-0.2, -0.15) is 0 Å². The molecule has 0 unspecified atom stereocenters. The number of hydrogen-bond acceptors (Lipinski definition) is 4. The SMILES string of the molecule is NCc1cc(S(=O)(=O)NCCN2CCCCC2)ccc1F. The Hall–Kier alpha value is -1.02. The molecule has 7 heteroatoms. The highest BCUT2D eigenvalue weighted by Gasteiger charge is 2.16. The summed E-state index contributed by atoms with van der Waals surface area (Å²) in [5, 5.41) is 0. The maximum Gasteiger partial charge on any atom is 0.240 e. The van der Waals surface area contributed by atoms with E-state index in [-0.39, 0.29) is 17.0 Å². The van der Waals surface area contributed by atoms with Crippen LogP contribution in [-0.2, 0) is 16.6 Å². The van der Waals surface area contributed by atoms with E-state index >= 15 is 0 Å². The van der Waals surface area contributed by atoms with Crippen LogP contribution >= 0.6 is 0 Å². The lowest BCUT2D eigenvalue weighted by atomic mass is 10.1. The second-order valence-corrected chi connectivity index (χ2v) is 7.02. The van der Waals surface area contributed by atoms with Gasteiger partial charge in [-0.05, 0) is 44.1 Å². The number of rotatable bonds is 6. The van der Waals surface area contributed by atoms with Crippen LogP contribution in [0.1, 0.15) is 24.8 Å². The van der Waals surface area contributed by atoms with E-state index in [9.17, 15) is 12.8 Å². The average Bonchev–Trinajstić information content (AvgIpc) is 2.48. The molecule has 1 heterocycles. The van der Waals surface area contributed by atoms with Crippen LogP contribution in [-0.4, -0.2) is 39.5 Å².